The van der Waals surface area contributed by atoms with Gasteiger partial charge in [0.2, 0.25) is 0 Å². The third-order valence-electron chi connectivity index (χ3n) is 4.38. The summed E-state index contributed by atoms with van der Waals surface area (Å²) < 4.78 is 6.87. The van der Waals surface area contributed by atoms with E-state index in [0.717, 1.165) is 5.56 Å². The zero-order chi connectivity index (χ0) is 19.6. The van der Waals surface area contributed by atoms with E-state index in [1.54, 1.807) is 54.9 Å². The maximum atomic E-state index is 12.5. The Labute approximate surface area is 156 Å². The van der Waals surface area contributed by atoms with Crippen LogP contribution in [0.15, 0.2) is 47.1 Å². The van der Waals surface area contributed by atoms with Gasteiger partial charge in [-0.1, -0.05) is 12.1 Å². The van der Waals surface area contributed by atoms with Crippen molar-refractivity contribution in [2.45, 2.75) is 26.9 Å². The van der Waals surface area contributed by atoms with Gasteiger partial charge in [-0.15, -0.1) is 0 Å². The highest BCUT2D eigenvalue weighted by molar-refractivity contribution is 5.94. The standard InChI is InChI=1S/C19H20N4O4/c1-13-18(23(25)26)14(2)22(20-13)11-15-6-8-16(9-7-15)19(24)21(3)12-17-5-4-10-27-17/h4-10H,11-12H2,1-3H3. The van der Waals surface area contributed by atoms with Crippen LogP contribution in [0.25, 0.3) is 0 Å². The third kappa shape index (κ3) is 3.89. The molecule has 0 bridgehead atoms. The molecule has 2 heterocycles. The average Bonchev–Trinajstić information content (AvgIpc) is 3.23. The summed E-state index contributed by atoms with van der Waals surface area (Å²) >= 11 is 0. The minimum atomic E-state index is -0.412. The predicted octanol–water partition coefficient (Wildman–Crippen LogP) is 3.32. The van der Waals surface area contributed by atoms with Crippen LogP contribution >= 0.6 is 0 Å². The maximum Gasteiger partial charge on any atom is 0.312 e. The zero-order valence-electron chi connectivity index (χ0n) is 15.4. The Balaban J connectivity index is 1.71. The summed E-state index contributed by atoms with van der Waals surface area (Å²) in [6, 6.07) is 10.8. The number of amides is 1. The first-order valence-corrected chi connectivity index (χ1v) is 8.42. The van der Waals surface area contributed by atoms with Crippen LogP contribution in [-0.2, 0) is 13.1 Å². The molecule has 0 radical (unpaired) electrons. The van der Waals surface area contributed by atoms with Crippen LogP contribution in [0.4, 0.5) is 5.69 Å². The van der Waals surface area contributed by atoms with E-state index < -0.39 is 4.92 Å². The van der Waals surface area contributed by atoms with Crippen molar-refractivity contribution < 1.29 is 14.1 Å². The molecule has 0 aliphatic heterocycles. The molecular weight excluding hydrogens is 348 g/mol. The molecule has 2 aromatic heterocycles. The van der Waals surface area contributed by atoms with Crippen molar-refractivity contribution >= 4 is 11.6 Å². The van der Waals surface area contributed by atoms with Crippen molar-refractivity contribution in [3.63, 3.8) is 0 Å². The van der Waals surface area contributed by atoms with Gasteiger partial charge in [0.1, 0.15) is 17.1 Å². The quantitative estimate of drug-likeness (QED) is 0.491. The van der Waals surface area contributed by atoms with Gasteiger partial charge in [-0.05, 0) is 43.7 Å². The number of aromatic nitrogens is 2. The lowest BCUT2D eigenvalue weighted by molar-refractivity contribution is -0.386. The number of aryl methyl sites for hydroxylation is 1. The molecule has 0 saturated heterocycles. The first-order chi connectivity index (χ1) is 12.9. The molecule has 1 aromatic carbocycles. The molecule has 0 fully saturated rings. The van der Waals surface area contributed by atoms with Gasteiger partial charge in [0.05, 0.1) is 24.3 Å². The molecule has 0 spiro atoms. The number of furan rings is 1. The lowest BCUT2D eigenvalue weighted by Gasteiger charge is -2.16. The van der Waals surface area contributed by atoms with Crippen LogP contribution < -0.4 is 0 Å². The van der Waals surface area contributed by atoms with Gasteiger partial charge < -0.3 is 9.32 Å². The normalized spacial score (nSPS) is 10.8. The highest BCUT2D eigenvalue weighted by atomic mass is 16.6. The van der Waals surface area contributed by atoms with Gasteiger partial charge in [-0.2, -0.15) is 5.10 Å². The van der Waals surface area contributed by atoms with Crippen molar-refractivity contribution in [2.75, 3.05) is 7.05 Å². The number of rotatable bonds is 6. The van der Waals surface area contributed by atoms with Crippen LogP contribution in [0.1, 0.15) is 33.1 Å². The Kier molecular flexibility index (Phi) is 5.07. The average molecular weight is 368 g/mol. The summed E-state index contributed by atoms with van der Waals surface area (Å²) in [4.78, 5) is 24.8. The fraction of sp³-hybridized carbons (Fsp3) is 0.263. The van der Waals surface area contributed by atoms with E-state index in [1.165, 1.54) is 0 Å². The van der Waals surface area contributed by atoms with Crippen LogP contribution in [0.3, 0.4) is 0 Å². The number of nitro groups is 1. The monoisotopic (exact) mass is 368 g/mol. The second kappa shape index (κ2) is 7.45. The Hall–Kier alpha value is -3.42. The number of hydrogen-bond donors (Lipinski definition) is 0. The molecule has 0 aliphatic carbocycles. The molecule has 8 nitrogen and oxygen atoms in total. The first kappa shape index (κ1) is 18.4. The molecule has 1 amide bonds. The smallest absolute Gasteiger partial charge is 0.312 e. The number of hydrogen-bond acceptors (Lipinski definition) is 5. The van der Waals surface area contributed by atoms with E-state index in [9.17, 15) is 14.9 Å². The minimum Gasteiger partial charge on any atom is -0.467 e. The Morgan fingerprint density at radius 1 is 1.26 bits per heavy atom. The van der Waals surface area contributed by atoms with E-state index in [1.807, 2.05) is 18.2 Å². The van der Waals surface area contributed by atoms with E-state index in [2.05, 4.69) is 5.10 Å². The molecule has 0 atom stereocenters. The molecule has 0 saturated carbocycles. The summed E-state index contributed by atoms with van der Waals surface area (Å²) in [5.74, 6) is 0.605. The van der Waals surface area contributed by atoms with Crippen LogP contribution in [0.2, 0.25) is 0 Å². The molecule has 140 valence electrons. The number of benzene rings is 1. The van der Waals surface area contributed by atoms with Crippen molar-refractivity contribution in [2.24, 2.45) is 0 Å². The van der Waals surface area contributed by atoms with E-state index in [-0.39, 0.29) is 11.6 Å². The number of carbonyl (C=O) groups excluding carboxylic acids is 1. The third-order valence-corrected chi connectivity index (χ3v) is 4.38. The second-order valence-corrected chi connectivity index (χ2v) is 6.37. The second-order valence-electron chi connectivity index (χ2n) is 6.37. The van der Waals surface area contributed by atoms with E-state index in [0.29, 0.717) is 35.8 Å². The minimum absolute atomic E-state index is 0.0429. The Bertz CT molecular complexity index is 959. The summed E-state index contributed by atoms with van der Waals surface area (Å²) in [6.07, 6.45) is 1.58. The molecule has 8 heteroatoms. The zero-order valence-corrected chi connectivity index (χ0v) is 15.4. The van der Waals surface area contributed by atoms with Gasteiger partial charge >= 0.3 is 5.69 Å². The lowest BCUT2D eigenvalue weighted by atomic mass is 10.1. The largest absolute Gasteiger partial charge is 0.467 e. The van der Waals surface area contributed by atoms with Crippen molar-refractivity contribution in [1.29, 1.82) is 0 Å². The van der Waals surface area contributed by atoms with Crippen molar-refractivity contribution in [3.8, 4) is 0 Å². The van der Waals surface area contributed by atoms with E-state index >= 15 is 0 Å². The molecule has 3 aromatic rings. The van der Waals surface area contributed by atoms with Crippen LogP contribution in [-0.4, -0.2) is 32.6 Å². The summed E-state index contributed by atoms with van der Waals surface area (Å²) in [5.41, 5.74) is 2.41. The number of carbonyl (C=O) groups is 1. The Morgan fingerprint density at radius 3 is 2.52 bits per heavy atom. The topological polar surface area (TPSA) is 94.4 Å². The van der Waals surface area contributed by atoms with Gasteiger partial charge in [-0.3, -0.25) is 19.6 Å². The lowest BCUT2D eigenvalue weighted by Crippen LogP contribution is -2.25. The molecule has 0 N–H and O–H groups in total. The van der Waals surface area contributed by atoms with Gasteiger partial charge in [-0.25, -0.2) is 0 Å². The van der Waals surface area contributed by atoms with Crippen molar-refractivity contribution in [1.82, 2.24) is 14.7 Å². The SMILES string of the molecule is Cc1nn(Cc2ccc(C(=O)N(C)Cc3ccco3)cc2)c(C)c1[N+](=O)[O-]. The van der Waals surface area contributed by atoms with Gasteiger partial charge in [0, 0.05) is 12.6 Å². The van der Waals surface area contributed by atoms with Crippen LogP contribution in [0, 0.1) is 24.0 Å². The fourth-order valence-electron chi connectivity index (χ4n) is 2.96. The summed E-state index contributed by atoms with van der Waals surface area (Å²) in [6.45, 7) is 4.10. The predicted molar refractivity (Wildman–Crippen MR) is 98.4 cm³/mol. The number of nitrogens with zero attached hydrogens (tertiary/aromatic N) is 4. The highest BCUT2D eigenvalue weighted by Gasteiger charge is 2.21. The van der Waals surface area contributed by atoms with Gasteiger partial charge in [0.25, 0.3) is 5.91 Å². The summed E-state index contributed by atoms with van der Waals surface area (Å²) in [7, 11) is 1.72. The van der Waals surface area contributed by atoms with Crippen molar-refractivity contribution in [3.05, 3.63) is 81.1 Å². The summed E-state index contributed by atoms with van der Waals surface area (Å²) in [5, 5.41) is 15.4. The van der Waals surface area contributed by atoms with E-state index in [4.69, 9.17) is 4.42 Å². The molecule has 0 unspecified atom stereocenters. The highest BCUT2D eigenvalue weighted by Crippen LogP contribution is 2.22. The fourth-order valence-corrected chi connectivity index (χ4v) is 2.96. The molecule has 27 heavy (non-hydrogen) atoms. The van der Waals surface area contributed by atoms with Gasteiger partial charge in [0.15, 0.2) is 0 Å². The molecule has 3 rings (SSSR count). The maximum absolute atomic E-state index is 12.5. The van der Waals surface area contributed by atoms with Crippen LogP contribution in [0.5, 0.6) is 0 Å². The first-order valence-electron chi connectivity index (χ1n) is 8.42. The molecule has 0 aliphatic rings. The molecular formula is C19H20N4O4. The Morgan fingerprint density at radius 2 is 1.96 bits per heavy atom.